The highest BCUT2D eigenvalue weighted by Gasteiger charge is 2.24. The summed E-state index contributed by atoms with van der Waals surface area (Å²) in [7, 11) is 0. The van der Waals surface area contributed by atoms with Gasteiger partial charge in [-0.3, -0.25) is 9.59 Å². The zero-order valence-electron chi connectivity index (χ0n) is 39.8. The van der Waals surface area contributed by atoms with E-state index in [-0.39, 0.29) is 24.9 Å². The molecular weight excluding hydrogens is 743 g/mol. The molecule has 0 fully saturated rings. The van der Waals surface area contributed by atoms with E-state index in [1.54, 1.807) is 0 Å². The van der Waals surface area contributed by atoms with E-state index in [9.17, 15) is 19.8 Å². The quantitative estimate of drug-likeness (QED) is 0.0322. The second-order valence-electron chi connectivity index (χ2n) is 17.6. The van der Waals surface area contributed by atoms with Crippen molar-refractivity contribution in [3.63, 3.8) is 0 Å². The molecule has 3 atom stereocenters. The molecule has 0 saturated heterocycles. The van der Waals surface area contributed by atoms with E-state index in [0.29, 0.717) is 19.3 Å². The monoisotopic (exact) mass is 842 g/mol. The zero-order valence-corrected chi connectivity index (χ0v) is 39.8. The molecule has 0 radical (unpaired) electrons. The van der Waals surface area contributed by atoms with Gasteiger partial charge in [-0.1, -0.05) is 249 Å². The third-order valence-corrected chi connectivity index (χ3v) is 11.8. The van der Waals surface area contributed by atoms with Crippen LogP contribution in [0.2, 0.25) is 0 Å². The summed E-state index contributed by atoms with van der Waals surface area (Å²) in [5, 5.41) is 23.8. The minimum atomic E-state index is -0.790. The van der Waals surface area contributed by atoms with Crippen molar-refractivity contribution >= 4 is 11.9 Å². The summed E-state index contributed by atoms with van der Waals surface area (Å²) >= 11 is 0. The SMILES string of the molecule is CC/C=C/C=C/C=C/C=C\CCCCCCCC(=O)OC(CCCCCCCCCCCC)CC(=O)NC(CO)C(O)CCCCCCCCCCCCCCCCCC. The maximum absolute atomic E-state index is 13.2. The number of ether oxygens (including phenoxy) is 1. The highest BCUT2D eigenvalue weighted by atomic mass is 16.5. The highest BCUT2D eigenvalue weighted by Crippen LogP contribution is 2.18. The van der Waals surface area contributed by atoms with Crippen LogP contribution in [-0.4, -0.2) is 46.9 Å². The summed E-state index contributed by atoms with van der Waals surface area (Å²) in [6, 6.07) is -0.704. The number of unbranched alkanes of at least 4 members (excludes halogenated alkanes) is 29. The number of hydrogen-bond acceptors (Lipinski definition) is 5. The molecule has 0 aliphatic rings. The minimum Gasteiger partial charge on any atom is -0.462 e. The molecule has 3 unspecified atom stereocenters. The van der Waals surface area contributed by atoms with Gasteiger partial charge in [0, 0.05) is 6.42 Å². The number of carbonyl (C=O) groups excluding carboxylic acids is 2. The van der Waals surface area contributed by atoms with Crippen molar-refractivity contribution in [2.75, 3.05) is 6.61 Å². The molecule has 3 N–H and O–H groups in total. The number of aliphatic hydroxyl groups is 2. The molecule has 6 heteroatoms. The van der Waals surface area contributed by atoms with Gasteiger partial charge in [0.05, 0.1) is 25.2 Å². The minimum absolute atomic E-state index is 0.0698. The van der Waals surface area contributed by atoms with Gasteiger partial charge in [0.15, 0.2) is 0 Å². The van der Waals surface area contributed by atoms with Crippen LogP contribution in [-0.2, 0) is 14.3 Å². The fourth-order valence-electron chi connectivity index (χ4n) is 7.85. The number of esters is 1. The Hall–Kier alpha value is -2.18. The van der Waals surface area contributed by atoms with Gasteiger partial charge in [-0.2, -0.15) is 0 Å². The normalized spacial score (nSPS) is 13.6. The van der Waals surface area contributed by atoms with Gasteiger partial charge in [0.1, 0.15) is 6.10 Å². The average molecular weight is 842 g/mol. The fraction of sp³-hybridized carbons (Fsp3) is 0.815. The first-order valence-corrected chi connectivity index (χ1v) is 25.9. The second-order valence-corrected chi connectivity index (χ2v) is 17.6. The number of carbonyl (C=O) groups is 2. The number of nitrogens with one attached hydrogen (secondary N) is 1. The summed E-state index contributed by atoms with van der Waals surface area (Å²) in [5.41, 5.74) is 0. The fourth-order valence-corrected chi connectivity index (χ4v) is 7.85. The zero-order chi connectivity index (χ0) is 43.8. The van der Waals surface area contributed by atoms with Crippen molar-refractivity contribution in [3.05, 3.63) is 48.6 Å². The smallest absolute Gasteiger partial charge is 0.306 e. The molecule has 350 valence electrons. The molecule has 0 bridgehead atoms. The van der Waals surface area contributed by atoms with Crippen molar-refractivity contribution < 1.29 is 24.5 Å². The van der Waals surface area contributed by atoms with Crippen LogP contribution in [0.5, 0.6) is 0 Å². The van der Waals surface area contributed by atoms with E-state index in [2.05, 4.69) is 56.5 Å². The van der Waals surface area contributed by atoms with E-state index >= 15 is 0 Å². The first-order valence-electron chi connectivity index (χ1n) is 25.9. The summed E-state index contributed by atoms with van der Waals surface area (Å²) in [6.07, 6.45) is 57.4. The third kappa shape index (κ3) is 42.5. The molecular formula is C54H99NO5. The Kier molecular flexibility index (Phi) is 46.1. The van der Waals surface area contributed by atoms with Crippen molar-refractivity contribution in [1.29, 1.82) is 0 Å². The van der Waals surface area contributed by atoms with Gasteiger partial charge in [-0.15, -0.1) is 0 Å². The van der Waals surface area contributed by atoms with Gasteiger partial charge in [-0.05, 0) is 44.9 Å². The van der Waals surface area contributed by atoms with Crippen molar-refractivity contribution in [2.24, 2.45) is 0 Å². The summed E-state index contributed by atoms with van der Waals surface area (Å²) in [4.78, 5) is 26.1. The molecule has 0 aromatic rings. The van der Waals surface area contributed by atoms with Gasteiger partial charge in [0.25, 0.3) is 0 Å². The third-order valence-electron chi connectivity index (χ3n) is 11.8. The Morgan fingerprint density at radius 1 is 0.500 bits per heavy atom. The van der Waals surface area contributed by atoms with E-state index in [1.807, 2.05) is 18.2 Å². The first kappa shape index (κ1) is 57.8. The maximum Gasteiger partial charge on any atom is 0.306 e. The number of amides is 1. The van der Waals surface area contributed by atoms with Gasteiger partial charge in [-0.25, -0.2) is 0 Å². The van der Waals surface area contributed by atoms with Crippen molar-refractivity contribution in [1.82, 2.24) is 5.32 Å². The first-order chi connectivity index (χ1) is 29.5. The highest BCUT2D eigenvalue weighted by molar-refractivity contribution is 5.77. The summed E-state index contributed by atoms with van der Waals surface area (Å²) in [6.45, 7) is 6.35. The number of hydrogen-bond donors (Lipinski definition) is 3. The molecule has 0 rings (SSSR count). The molecule has 0 spiro atoms. The Labute approximate surface area is 372 Å². The Morgan fingerprint density at radius 2 is 0.900 bits per heavy atom. The average Bonchev–Trinajstić information content (AvgIpc) is 3.24. The Balaban J connectivity index is 4.50. The number of aliphatic hydroxyl groups excluding tert-OH is 2. The van der Waals surface area contributed by atoms with E-state index in [0.717, 1.165) is 70.6 Å². The maximum atomic E-state index is 13.2. The lowest BCUT2D eigenvalue weighted by atomic mass is 10.0. The van der Waals surface area contributed by atoms with Crippen molar-refractivity contribution in [3.8, 4) is 0 Å². The Bertz CT molecular complexity index is 1040. The molecule has 0 heterocycles. The molecule has 6 nitrogen and oxygen atoms in total. The molecule has 0 saturated carbocycles. The molecule has 1 amide bonds. The van der Waals surface area contributed by atoms with Crippen LogP contribution in [0.4, 0.5) is 0 Å². The van der Waals surface area contributed by atoms with E-state index < -0.39 is 18.2 Å². The van der Waals surface area contributed by atoms with Crippen LogP contribution in [0.25, 0.3) is 0 Å². The van der Waals surface area contributed by atoms with Crippen LogP contribution < -0.4 is 5.32 Å². The lowest BCUT2D eigenvalue weighted by Crippen LogP contribution is -2.46. The van der Waals surface area contributed by atoms with Crippen molar-refractivity contribution in [2.45, 2.75) is 277 Å². The van der Waals surface area contributed by atoms with Crippen LogP contribution >= 0.6 is 0 Å². The molecule has 60 heavy (non-hydrogen) atoms. The van der Waals surface area contributed by atoms with Gasteiger partial charge >= 0.3 is 5.97 Å². The lowest BCUT2D eigenvalue weighted by molar-refractivity contribution is -0.151. The molecule has 0 aliphatic heterocycles. The van der Waals surface area contributed by atoms with Crippen LogP contribution in [0.1, 0.15) is 258 Å². The largest absolute Gasteiger partial charge is 0.462 e. The second kappa shape index (κ2) is 47.9. The number of rotatable bonds is 46. The predicted molar refractivity (Wildman–Crippen MR) is 259 cm³/mol. The van der Waals surface area contributed by atoms with E-state index in [1.165, 1.54) is 141 Å². The Morgan fingerprint density at radius 3 is 1.37 bits per heavy atom. The van der Waals surface area contributed by atoms with Gasteiger partial charge < -0.3 is 20.3 Å². The molecule has 0 aliphatic carbocycles. The molecule has 0 aromatic heterocycles. The van der Waals surface area contributed by atoms with E-state index in [4.69, 9.17) is 4.74 Å². The van der Waals surface area contributed by atoms with Gasteiger partial charge in [0.2, 0.25) is 5.91 Å². The van der Waals surface area contributed by atoms with Crippen LogP contribution in [0, 0.1) is 0 Å². The molecule has 0 aromatic carbocycles. The topological polar surface area (TPSA) is 95.9 Å². The lowest BCUT2D eigenvalue weighted by Gasteiger charge is -2.24. The van der Waals surface area contributed by atoms with Crippen LogP contribution in [0.15, 0.2) is 48.6 Å². The summed E-state index contributed by atoms with van der Waals surface area (Å²) in [5.74, 6) is -0.494. The predicted octanol–water partition coefficient (Wildman–Crippen LogP) is 15.5. The van der Waals surface area contributed by atoms with Crippen LogP contribution in [0.3, 0.4) is 0 Å². The summed E-state index contributed by atoms with van der Waals surface area (Å²) < 4.78 is 5.91. The standard InChI is InChI=1S/C54H99NO5/c1-4-7-10-13-16-19-22-24-26-28-29-31-34-37-40-43-46-52(57)51(49-56)55-53(58)48-50(45-42-39-36-33-21-18-15-12-9-6-3)60-54(59)47-44-41-38-35-32-30-27-25-23-20-17-14-11-8-5-2/h8,11,14,17,20,23,25,27,50-52,56-57H,4-7,9-10,12-13,15-16,18-19,21-22,24,26,28-49H2,1-3H3,(H,55,58)/b11-8+,17-14+,23-20+,27-25-. The number of allylic oxidation sites excluding steroid dienone is 8.